The Morgan fingerprint density at radius 1 is 1.18 bits per heavy atom. The number of carbonyl (C=O) groups is 1. The van der Waals surface area contributed by atoms with Crippen molar-refractivity contribution in [2.24, 2.45) is 0 Å². The number of nitrogens with one attached hydrogen (secondary N) is 1. The molecule has 2 aromatic carbocycles. The maximum absolute atomic E-state index is 13.5. The van der Waals surface area contributed by atoms with Crippen LogP contribution in [0.4, 0.5) is 10.1 Å². The number of benzene rings is 2. The molecule has 1 amide bonds. The number of aromatic nitrogens is 4. The molecule has 2 heterocycles. The van der Waals surface area contributed by atoms with E-state index in [1.807, 2.05) is 44.4 Å². The molecule has 0 saturated heterocycles. The average molecular weight is 498 g/mol. The Labute approximate surface area is 204 Å². The lowest BCUT2D eigenvalue weighted by atomic mass is 10.2. The molecule has 2 aromatic heterocycles. The molecular formula is C24H24FN5O2S2. The van der Waals surface area contributed by atoms with Crippen molar-refractivity contribution in [3.63, 3.8) is 0 Å². The molecule has 0 unspecified atom stereocenters. The number of fused-ring (bicyclic) bond motifs is 1. The largest absolute Gasteiger partial charge is 0.325 e. The fourth-order valence-electron chi connectivity index (χ4n) is 3.57. The molecule has 7 nitrogen and oxygen atoms in total. The van der Waals surface area contributed by atoms with Crippen LogP contribution in [0.3, 0.4) is 0 Å². The Hall–Kier alpha value is -3.11. The van der Waals surface area contributed by atoms with E-state index >= 15 is 0 Å². The van der Waals surface area contributed by atoms with Gasteiger partial charge < -0.3 is 5.32 Å². The minimum atomic E-state index is -0.346. The third-order valence-corrected chi connectivity index (χ3v) is 6.92. The molecule has 0 spiro atoms. The Balaban J connectivity index is 1.65. The maximum Gasteiger partial charge on any atom is 0.280 e. The minimum absolute atomic E-state index is 0.0752. The SMILES string of the molecule is CCn1nc(C)c2nc(SCC(=O)Nc3cccc(SC)c3)n(Cc3ccc(F)cc3)c(=O)c21. The van der Waals surface area contributed by atoms with Gasteiger partial charge >= 0.3 is 0 Å². The van der Waals surface area contributed by atoms with Gasteiger partial charge in [-0.2, -0.15) is 5.10 Å². The summed E-state index contributed by atoms with van der Waals surface area (Å²) in [5, 5.41) is 7.74. The summed E-state index contributed by atoms with van der Waals surface area (Å²) in [6.45, 7) is 4.46. The molecule has 0 fully saturated rings. The van der Waals surface area contributed by atoms with E-state index in [-0.39, 0.29) is 29.6 Å². The van der Waals surface area contributed by atoms with Gasteiger partial charge in [-0.25, -0.2) is 9.37 Å². The number of carbonyl (C=O) groups excluding carboxylic acids is 1. The number of nitrogens with zero attached hydrogens (tertiary/aromatic N) is 4. The zero-order valence-corrected chi connectivity index (χ0v) is 20.7. The molecule has 4 aromatic rings. The van der Waals surface area contributed by atoms with E-state index < -0.39 is 0 Å². The van der Waals surface area contributed by atoms with Crippen LogP contribution >= 0.6 is 23.5 Å². The summed E-state index contributed by atoms with van der Waals surface area (Å²) in [6, 6.07) is 13.6. The van der Waals surface area contributed by atoms with Gasteiger partial charge in [0.2, 0.25) is 5.91 Å². The first-order valence-electron chi connectivity index (χ1n) is 10.7. The van der Waals surface area contributed by atoms with Crippen LogP contribution in [0.2, 0.25) is 0 Å². The van der Waals surface area contributed by atoms with Crippen LogP contribution in [0, 0.1) is 12.7 Å². The molecule has 10 heteroatoms. The summed E-state index contributed by atoms with van der Waals surface area (Å²) in [7, 11) is 0. The van der Waals surface area contributed by atoms with Gasteiger partial charge in [0.05, 0.1) is 18.0 Å². The van der Waals surface area contributed by atoms with Crippen LogP contribution < -0.4 is 10.9 Å². The second-order valence-electron chi connectivity index (χ2n) is 7.58. The molecule has 0 atom stereocenters. The fourth-order valence-corrected chi connectivity index (χ4v) is 4.82. The maximum atomic E-state index is 13.5. The van der Waals surface area contributed by atoms with E-state index in [4.69, 9.17) is 4.98 Å². The van der Waals surface area contributed by atoms with Crippen LogP contribution in [-0.4, -0.2) is 37.2 Å². The van der Waals surface area contributed by atoms with E-state index in [1.165, 1.54) is 28.5 Å². The number of rotatable bonds is 8. The first-order chi connectivity index (χ1) is 16.4. The molecule has 176 valence electrons. The van der Waals surface area contributed by atoms with Crippen molar-refractivity contribution in [1.29, 1.82) is 0 Å². The normalized spacial score (nSPS) is 11.2. The minimum Gasteiger partial charge on any atom is -0.325 e. The lowest BCUT2D eigenvalue weighted by Crippen LogP contribution is -2.26. The Morgan fingerprint density at radius 3 is 2.65 bits per heavy atom. The molecular weight excluding hydrogens is 473 g/mol. The zero-order valence-electron chi connectivity index (χ0n) is 19.0. The second-order valence-corrected chi connectivity index (χ2v) is 9.40. The standard InChI is InChI=1S/C24H24FN5O2S2/c1-4-30-22-21(15(2)28-30)27-24(29(23(22)32)13-16-8-10-17(25)11-9-16)34-14-20(31)26-18-6-5-7-19(12-18)33-3/h5-12H,4,13-14H2,1-3H3,(H,26,31). The van der Waals surface area contributed by atoms with Gasteiger partial charge in [-0.05, 0) is 56.0 Å². The second kappa shape index (κ2) is 10.4. The highest BCUT2D eigenvalue weighted by molar-refractivity contribution is 7.99. The number of anilines is 1. The molecule has 0 radical (unpaired) electrons. The van der Waals surface area contributed by atoms with E-state index in [2.05, 4.69) is 10.4 Å². The third kappa shape index (κ3) is 5.18. The van der Waals surface area contributed by atoms with Gasteiger partial charge in [0, 0.05) is 17.1 Å². The van der Waals surface area contributed by atoms with Crippen molar-refractivity contribution < 1.29 is 9.18 Å². The lowest BCUT2D eigenvalue weighted by Gasteiger charge is -2.13. The molecule has 4 rings (SSSR count). The first kappa shape index (κ1) is 24.0. The van der Waals surface area contributed by atoms with E-state index in [0.717, 1.165) is 10.5 Å². The third-order valence-electron chi connectivity index (χ3n) is 5.22. The summed E-state index contributed by atoms with van der Waals surface area (Å²) in [5.74, 6) is -0.473. The molecule has 0 bridgehead atoms. The number of aryl methyl sites for hydroxylation is 2. The summed E-state index contributed by atoms with van der Waals surface area (Å²) < 4.78 is 16.6. The van der Waals surface area contributed by atoms with E-state index in [9.17, 15) is 14.0 Å². The first-order valence-corrected chi connectivity index (χ1v) is 12.9. The van der Waals surface area contributed by atoms with Crippen LogP contribution in [0.15, 0.2) is 63.4 Å². The summed E-state index contributed by atoms with van der Waals surface area (Å²) >= 11 is 2.78. The Morgan fingerprint density at radius 2 is 1.94 bits per heavy atom. The summed E-state index contributed by atoms with van der Waals surface area (Å²) in [4.78, 5) is 31.9. The van der Waals surface area contributed by atoms with Crippen LogP contribution in [0.25, 0.3) is 11.0 Å². The van der Waals surface area contributed by atoms with Crippen molar-refractivity contribution in [3.8, 4) is 0 Å². The predicted octanol–water partition coefficient (Wildman–Crippen LogP) is 4.56. The fraction of sp³-hybridized carbons (Fsp3) is 0.250. The quantitative estimate of drug-likeness (QED) is 0.284. The van der Waals surface area contributed by atoms with Crippen molar-refractivity contribution in [1.82, 2.24) is 19.3 Å². The van der Waals surface area contributed by atoms with Gasteiger partial charge in [0.15, 0.2) is 10.7 Å². The average Bonchev–Trinajstić information content (AvgIpc) is 3.16. The van der Waals surface area contributed by atoms with Crippen molar-refractivity contribution in [2.45, 2.75) is 37.0 Å². The number of amides is 1. The topological polar surface area (TPSA) is 81.8 Å². The highest BCUT2D eigenvalue weighted by atomic mass is 32.2. The predicted molar refractivity (Wildman–Crippen MR) is 135 cm³/mol. The monoisotopic (exact) mass is 497 g/mol. The van der Waals surface area contributed by atoms with E-state index in [0.29, 0.717) is 34.1 Å². The molecule has 0 aliphatic rings. The smallest absolute Gasteiger partial charge is 0.280 e. The van der Waals surface area contributed by atoms with Crippen molar-refractivity contribution in [3.05, 3.63) is 76.0 Å². The highest BCUT2D eigenvalue weighted by Crippen LogP contribution is 2.23. The number of halogens is 1. The van der Waals surface area contributed by atoms with E-state index in [1.54, 1.807) is 28.6 Å². The highest BCUT2D eigenvalue weighted by Gasteiger charge is 2.19. The van der Waals surface area contributed by atoms with Crippen LogP contribution in [0.5, 0.6) is 0 Å². The van der Waals surface area contributed by atoms with Crippen molar-refractivity contribution >= 4 is 46.2 Å². The van der Waals surface area contributed by atoms with Gasteiger partial charge in [-0.1, -0.05) is 30.0 Å². The zero-order chi connectivity index (χ0) is 24.2. The summed E-state index contributed by atoms with van der Waals surface area (Å²) in [6.07, 6.45) is 1.97. The molecule has 34 heavy (non-hydrogen) atoms. The molecule has 0 aliphatic carbocycles. The molecule has 1 N–H and O–H groups in total. The van der Waals surface area contributed by atoms with Gasteiger partial charge in [-0.15, -0.1) is 11.8 Å². The molecule has 0 saturated carbocycles. The van der Waals surface area contributed by atoms with Crippen LogP contribution in [0.1, 0.15) is 18.2 Å². The van der Waals surface area contributed by atoms with Gasteiger partial charge in [0.1, 0.15) is 11.3 Å². The van der Waals surface area contributed by atoms with Crippen LogP contribution in [-0.2, 0) is 17.9 Å². The van der Waals surface area contributed by atoms with Gasteiger partial charge in [0.25, 0.3) is 5.56 Å². The number of hydrogen-bond donors (Lipinski definition) is 1. The van der Waals surface area contributed by atoms with Crippen molar-refractivity contribution in [2.75, 3.05) is 17.3 Å². The Kier molecular flexibility index (Phi) is 7.38. The molecule has 0 aliphatic heterocycles. The summed E-state index contributed by atoms with van der Waals surface area (Å²) in [5.41, 5.74) is 2.83. The lowest BCUT2D eigenvalue weighted by molar-refractivity contribution is -0.113. The Bertz CT molecular complexity index is 1400. The number of thioether (sulfide) groups is 2. The number of hydrogen-bond acceptors (Lipinski definition) is 6. The van der Waals surface area contributed by atoms with Gasteiger partial charge in [-0.3, -0.25) is 18.8 Å².